The zero-order valence-corrected chi connectivity index (χ0v) is 17.5. The molecule has 3 heterocycles. The number of imidazole rings is 1. The molecule has 158 valence electrons. The maximum Gasteiger partial charge on any atom is 0.332 e. The molecule has 1 fully saturated rings. The van der Waals surface area contributed by atoms with Crippen molar-refractivity contribution in [3.05, 3.63) is 56.7 Å². The Bertz CT molecular complexity index is 1200. The normalized spacial score (nSPS) is 14.5. The van der Waals surface area contributed by atoms with Gasteiger partial charge in [0.15, 0.2) is 11.2 Å². The van der Waals surface area contributed by atoms with Crippen LogP contribution in [-0.2, 0) is 25.4 Å². The predicted octanol–water partition coefficient (Wildman–Crippen LogP) is 0.541. The van der Waals surface area contributed by atoms with E-state index in [-0.39, 0.29) is 11.5 Å². The summed E-state index contributed by atoms with van der Waals surface area (Å²) in [6.45, 7) is 4.80. The second-order valence-corrected chi connectivity index (χ2v) is 7.58. The molecule has 0 aliphatic carbocycles. The van der Waals surface area contributed by atoms with E-state index in [1.807, 2.05) is 46.7 Å². The third kappa shape index (κ3) is 3.30. The van der Waals surface area contributed by atoms with Crippen molar-refractivity contribution < 1.29 is 4.79 Å². The Balaban J connectivity index is 1.83. The summed E-state index contributed by atoms with van der Waals surface area (Å²) >= 11 is 0. The molecule has 1 aliphatic rings. The van der Waals surface area contributed by atoms with Gasteiger partial charge in [-0.2, -0.15) is 4.98 Å². The molecule has 9 nitrogen and oxygen atoms in total. The highest BCUT2D eigenvalue weighted by molar-refractivity contribution is 5.77. The number of piperazine rings is 1. The molecule has 2 aromatic heterocycles. The largest absolute Gasteiger partial charge is 0.339 e. The van der Waals surface area contributed by atoms with Crippen LogP contribution >= 0.6 is 0 Å². The molecule has 0 N–H and O–H groups in total. The van der Waals surface area contributed by atoms with Crippen molar-refractivity contribution in [3.8, 4) is 0 Å². The van der Waals surface area contributed by atoms with Crippen molar-refractivity contribution in [1.82, 2.24) is 23.6 Å². The minimum atomic E-state index is -0.401. The number of anilines is 1. The lowest BCUT2D eigenvalue weighted by molar-refractivity contribution is -0.131. The molecule has 0 unspecified atom stereocenters. The van der Waals surface area contributed by atoms with Gasteiger partial charge in [0.05, 0.1) is 6.54 Å². The Morgan fingerprint density at radius 3 is 2.30 bits per heavy atom. The van der Waals surface area contributed by atoms with Crippen molar-refractivity contribution >= 4 is 23.0 Å². The lowest BCUT2D eigenvalue weighted by Crippen LogP contribution is -2.49. The smallest absolute Gasteiger partial charge is 0.332 e. The van der Waals surface area contributed by atoms with Crippen LogP contribution in [0.2, 0.25) is 0 Å². The molecular weight excluding hydrogens is 384 g/mol. The number of carbonyl (C=O) groups excluding carboxylic acids is 1. The fourth-order valence-electron chi connectivity index (χ4n) is 3.97. The van der Waals surface area contributed by atoms with E-state index in [0.29, 0.717) is 56.3 Å². The maximum absolute atomic E-state index is 13.0. The molecule has 3 aromatic rings. The number of carbonyl (C=O) groups is 1. The van der Waals surface area contributed by atoms with Gasteiger partial charge in [-0.25, -0.2) is 4.79 Å². The number of benzene rings is 1. The molecule has 30 heavy (non-hydrogen) atoms. The summed E-state index contributed by atoms with van der Waals surface area (Å²) in [6.07, 6.45) is 0.491. The molecule has 0 radical (unpaired) electrons. The number of hydrogen-bond acceptors (Lipinski definition) is 5. The molecule has 9 heteroatoms. The number of hydrogen-bond donors (Lipinski definition) is 0. The predicted molar refractivity (Wildman–Crippen MR) is 115 cm³/mol. The van der Waals surface area contributed by atoms with Crippen LogP contribution in [0.25, 0.3) is 11.2 Å². The quantitative estimate of drug-likeness (QED) is 0.627. The van der Waals surface area contributed by atoms with Crippen molar-refractivity contribution in [2.75, 3.05) is 31.1 Å². The summed E-state index contributed by atoms with van der Waals surface area (Å²) in [5.74, 6) is 0.791. The Morgan fingerprint density at radius 1 is 1.00 bits per heavy atom. The Morgan fingerprint density at radius 2 is 1.67 bits per heavy atom. The van der Waals surface area contributed by atoms with Crippen molar-refractivity contribution in [3.63, 3.8) is 0 Å². The highest BCUT2D eigenvalue weighted by Gasteiger charge is 2.26. The third-order valence-electron chi connectivity index (χ3n) is 5.73. The van der Waals surface area contributed by atoms with Gasteiger partial charge in [0.1, 0.15) is 0 Å². The standard InChI is InChI=1S/C21H26N6O3/c1-4-16(28)25-10-12-26(13-11-25)20-22-18-17(19(29)24(3)21(30)23(18)2)27(20)14-15-8-6-5-7-9-15/h5-9H,4,10-14H2,1-3H3. The monoisotopic (exact) mass is 410 g/mol. The molecular formula is C21H26N6O3. The SMILES string of the molecule is CCC(=O)N1CCN(c2nc3c(c(=O)n(C)c(=O)n3C)n2Cc2ccccc2)CC1. The van der Waals surface area contributed by atoms with Gasteiger partial charge in [-0.1, -0.05) is 37.3 Å². The van der Waals surface area contributed by atoms with Crippen molar-refractivity contribution in [1.29, 1.82) is 0 Å². The van der Waals surface area contributed by atoms with E-state index >= 15 is 0 Å². The van der Waals surface area contributed by atoms with E-state index in [9.17, 15) is 14.4 Å². The summed E-state index contributed by atoms with van der Waals surface area (Å²) in [5.41, 5.74) is 1.06. The Hall–Kier alpha value is -3.36. The van der Waals surface area contributed by atoms with E-state index in [0.717, 1.165) is 10.1 Å². The van der Waals surface area contributed by atoms with Crippen LogP contribution in [0, 0.1) is 0 Å². The molecule has 0 atom stereocenters. The van der Waals surface area contributed by atoms with Gasteiger partial charge in [0.25, 0.3) is 5.56 Å². The average molecular weight is 410 g/mol. The molecule has 1 aromatic carbocycles. The first-order valence-corrected chi connectivity index (χ1v) is 10.1. The first-order valence-electron chi connectivity index (χ1n) is 10.1. The van der Waals surface area contributed by atoms with Crippen LogP contribution < -0.4 is 16.1 Å². The minimum Gasteiger partial charge on any atom is -0.339 e. The summed E-state index contributed by atoms with van der Waals surface area (Å²) in [4.78, 5) is 46.1. The second-order valence-electron chi connectivity index (χ2n) is 7.58. The van der Waals surface area contributed by atoms with Crippen LogP contribution in [0.5, 0.6) is 0 Å². The van der Waals surface area contributed by atoms with Crippen LogP contribution in [-0.4, -0.2) is 55.7 Å². The van der Waals surface area contributed by atoms with E-state index < -0.39 is 5.69 Å². The molecule has 4 rings (SSSR count). The van der Waals surface area contributed by atoms with Crippen LogP contribution in [0.15, 0.2) is 39.9 Å². The summed E-state index contributed by atoms with van der Waals surface area (Å²) in [7, 11) is 3.12. The Labute approximate surface area is 173 Å². The lowest BCUT2D eigenvalue weighted by Gasteiger charge is -2.35. The van der Waals surface area contributed by atoms with Crippen molar-refractivity contribution in [2.24, 2.45) is 14.1 Å². The second kappa shape index (κ2) is 7.81. The molecule has 0 bridgehead atoms. The van der Waals surface area contributed by atoms with Crippen LogP contribution in [0.1, 0.15) is 18.9 Å². The minimum absolute atomic E-state index is 0.142. The zero-order chi connectivity index (χ0) is 21.4. The number of nitrogens with zero attached hydrogens (tertiary/aromatic N) is 6. The van der Waals surface area contributed by atoms with Crippen LogP contribution in [0.3, 0.4) is 0 Å². The van der Waals surface area contributed by atoms with E-state index in [1.54, 1.807) is 7.05 Å². The number of fused-ring (bicyclic) bond motifs is 1. The van der Waals surface area contributed by atoms with Crippen molar-refractivity contribution in [2.45, 2.75) is 19.9 Å². The number of aryl methyl sites for hydroxylation is 1. The number of rotatable bonds is 4. The first kappa shape index (κ1) is 19.9. The van der Waals surface area contributed by atoms with Gasteiger partial charge < -0.3 is 9.80 Å². The molecule has 0 spiro atoms. The fourth-order valence-corrected chi connectivity index (χ4v) is 3.97. The van der Waals surface area contributed by atoms with E-state index in [4.69, 9.17) is 4.98 Å². The summed E-state index contributed by atoms with van der Waals surface area (Å²) in [5, 5.41) is 0. The topological polar surface area (TPSA) is 85.4 Å². The summed E-state index contributed by atoms with van der Waals surface area (Å²) in [6, 6.07) is 9.86. The molecule has 1 amide bonds. The zero-order valence-electron chi connectivity index (χ0n) is 17.5. The fraction of sp³-hybridized carbons (Fsp3) is 0.429. The molecule has 1 aliphatic heterocycles. The highest BCUT2D eigenvalue weighted by atomic mass is 16.2. The average Bonchev–Trinajstić information content (AvgIpc) is 3.15. The molecule has 1 saturated heterocycles. The third-order valence-corrected chi connectivity index (χ3v) is 5.73. The van der Waals surface area contributed by atoms with E-state index in [1.165, 1.54) is 11.6 Å². The van der Waals surface area contributed by atoms with Gasteiger partial charge in [-0.05, 0) is 5.56 Å². The molecule has 0 saturated carbocycles. The maximum atomic E-state index is 13.0. The van der Waals surface area contributed by atoms with Gasteiger partial charge in [0, 0.05) is 46.7 Å². The highest BCUT2D eigenvalue weighted by Crippen LogP contribution is 2.22. The van der Waals surface area contributed by atoms with Gasteiger partial charge in [-0.15, -0.1) is 0 Å². The van der Waals surface area contributed by atoms with Crippen LogP contribution in [0.4, 0.5) is 5.95 Å². The lowest BCUT2D eigenvalue weighted by atomic mass is 10.2. The first-order chi connectivity index (χ1) is 14.4. The Kier molecular flexibility index (Phi) is 5.19. The van der Waals surface area contributed by atoms with Gasteiger partial charge in [-0.3, -0.25) is 23.3 Å². The van der Waals surface area contributed by atoms with Gasteiger partial charge in [0.2, 0.25) is 11.9 Å². The summed E-state index contributed by atoms with van der Waals surface area (Å²) < 4.78 is 4.43. The van der Waals surface area contributed by atoms with Gasteiger partial charge >= 0.3 is 5.69 Å². The number of amides is 1. The number of aromatic nitrogens is 4. The van der Waals surface area contributed by atoms with E-state index in [2.05, 4.69) is 4.90 Å².